The van der Waals surface area contributed by atoms with E-state index in [4.69, 9.17) is 18.9 Å². The minimum atomic E-state index is -0.731. The number of methoxy groups -OCH3 is 4. The van der Waals surface area contributed by atoms with Crippen LogP contribution in [0.15, 0.2) is 36.4 Å². The molecule has 0 saturated carbocycles. The predicted molar refractivity (Wildman–Crippen MR) is 135 cm³/mol. The molecule has 0 aliphatic carbocycles. The number of rotatable bonds is 11. The van der Waals surface area contributed by atoms with Crippen molar-refractivity contribution in [1.29, 1.82) is 5.26 Å². The molecule has 182 valence electrons. The maximum atomic E-state index is 10.2. The highest BCUT2D eigenvalue weighted by Crippen LogP contribution is 2.39. The van der Waals surface area contributed by atoms with Crippen molar-refractivity contribution < 1.29 is 18.9 Å². The minimum absolute atomic E-state index is 0.0766. The lowest BCUT2D eigenvalue weighted by molar-refractivity contribution is 0.350. The van der Waals surface area contributed by atoms with E-state index in [1.807, 2.05) is 43.4 Å². The predicted octanol–water partition coefficient (Wildman–Crippen LogP) is 4.71. The van der Waals surface area contributed by atoms with Crippen LogP contribution in [-0.4, -0.2) is 53.5 Å². The highest BCUT2D eigenvalue weighted by Gasteiger charge is 2.36. The summed E-state index contributed by atoms with van der Waals surface area (Å²) in [5, 5.41) is 10.2. The van der Waals surface area contributed by atoms with Gasteiger partial charge in [0.1, 0.15) is 0 Å². The summed E-state index contributed by atoms with van der Waals surface area (Å²) in [6, 6.07) is 14.2. The summed E-state index contributed by atoms with van der Waals surface area (Å²) in [4.78, 5) is 2.17. The first-order valence-electron chi connectivity index (χ1n) is 11.3. The van der Waals surface area contributed by atoms with Gasteiger partial charge in [0, 0.05) is 13.0 Å². The monoisotopic (exact) mass is 464 g/mol. The molecular weight excluding hydrogens is 428 g/mol. The highest BCUT2D eigenvalue weighted by atomic mass is 16.5. The van der Waals surface area contributed by atoms with Crippen LogP contribution in [0.25, 0.3) is 0 Å². The molecule has 0 aliphatic rings. The van der Waals surface area contributed by atoms with E-state index >= 15 is 0 Å². The van der Waals surface area contributed by atoms with Gasteiger partial charge in [0.15, 0.2) is 23.0 Å². The van der Waals surface area contributed by atoms with Gasteiger partial charge >= 0.3 is 0 Å². The zero-order valence-corrected chi connectivity index (χ0v) is 21.4. The van der Waals surface area contributed by atoms with Crippen LogP contribution in [0.2, 0.25) is 0 Å². The summed E-state index contributed by atoms with van der Waals surface area (Å²) in [5.41, 5.74) is 1.33. The van der Waals surface area contributed by atoms with E-state index in [1.165, 1.54) is 5.56 Å². The maximum absolute atomic E-state index is 10.2. The Morgan fingerprint density at radius 1 is 0.853 bits per heavy atom. The Balaban J connectivity index is 2.06. The molecule has 0 radical (unpaired) electrons. The Morgan fingerprint density at radius 2 is 1.44 bits per heavy atom. The molecule has 0 heterocycles. The number of ether oxygens (including phenoxy) is 4. The second kappa shape index (κ2) is 12.8. The quantitative estimate of drug-likeness (QED) is 0.449. The van der Waals surface area contributed by atoms with Gasteiger partial charge in [-0.25, -0.2) is 0 Å². The Labute approximate surface area is 204 Å². The molecular formula is C28H36N2O4. The van der Waals surface area contributed by atoms with Crippen molar-refractivity contribution in [3.8, 4) is 40.9 Å². The van der Waals surface area contributed by atoms with Crippen molar-refractivity contribution >= 4 is 0 Å². The van der Waals surface area contributed by atoms with E-state index < -0.39 is 5.41 Å². The lowest BCUT2D eigenvalue weighted by atomic mass is 9.70. The third-order valence-corrected chi connectivity index (χ3v) is 6.16. The number of likely N-dealkylation sites (N-methyl/N-ethyl adjacent to an activating group) is 1. The largest absolute Gasteiger partial charge is 0.493 e. The number of hydrogen-bond donors (Lipinski definition) is 0. The lowest BCUT2D eigenvalue weighted by Crippen LogP contribution is -2.30. The molecule has 6 nitrogen and oxygen atoms in total. The van der Waals surface area contributed by atoms with Crippen LogP contribution >= 0.6 is 0 Å². The maximum Gasteiger partial charge on any atom is 0.161 e. The Kier molecular flexibility index (Phi) is 10.1. The molecule has 0 fully saturated rings. The lowest BCUT2D eigenvalue weighted by Gasteiger charge is -2.30. The van der Waals surface area contributed by atoms with Gasteiger partial charge in [-0.2, -0.15) is 5.26 Å². The fourth-order valence-corrected chi connectivity index (χ4v) is 3.81. The van der Waals surface area contributed by atoms with Crippen molar-refractivity contribution in [3.63, 3.8) is 0 Å². The molecule has 0 aliphatic heterocycles. The van der Waals surface area contributed by atoms with Gasteiger partial charge in [0.2, 0.25) is 0 Å². The molecule has 0 saturated heterocycles. The summed E-state index contributed by atoms with van der Waals surface area (Å²) < 4.78 is 21.5. The molecule has 1 unspecified atom stereocenters. The molecule has 0 N–H and O–H groups in total. The number of nitriles is 1. The standard InChI is InChI=1S/C28H36N2O4/c1-21(2)28(20-29,23-11-13-25(32-5)27(19-23)34-7)15-8-9-16-30(3)17-14-22-10-12-24(31-4)26(18-22)33-6/h10-13,18-19,21H,14-17H2,1-7H3. The molecule has 0 spiro atoms. The third kappa shape index (κ3) is 6.37. The van der Waals surface area contributed by atoms with E-state index in [0.29, 0.717) is 24.5 Å². The molecule has 6 heteroatoms. The van der Waals surface area contributed by atoms with Crippen LogP contribution in [0.1, 0.15) is 31.4 Å². The van der Waals surface area contributed by atoms with Crippen LogP contribution in [0.3, 0.4) is 0 Å². The summed E-state index contributed by atoms with van der Waals surface area (Å²) in [7, 11) is 8.52. The third-order valence-electron chi connectivity index (χ3n) is 6.16. The first-order chi connectivity index (χ1) is 16.3. The van der Waals surface area contributed by atoms with Gasteiger partial charge in [-0.3, -0.25) is 4.90 Å². The molecule has 0 bridgehead atoms. The normalized spacial score (nSPS) is 12.4. The Bertz CT molecular complexity index is 1050. The van der Waals surface area contributed by atoms with Crippen LogP contribution in [0.5, 0.6) is 23.0 Å². The van der Waals surface area contributed by atoms with Crippen LogP contribution in [-0.2, 0) is 11.8 Å². The molecule has 2 aromatic carbocycles. The van der Waals surface area contributed by atoms with Crippen molar-refractivity contribution in [1.82, 2.24) is 4.90 Å². The zero-order chi connectivity index (χ0) is 25.1. The number of benzene rings is 2. The summed E-state index contributed by atoms with van der Waals surface area (Å²) >= 11 is 0. The average molecular weight is 465 g/mol. The van der Waals surface area contributed by atoms with Crippen LogP contribution in [0.4, 0.5) is 0 Å². The van der Waals surface area contributed by atoms with Gasteiger partial charge in [0.25, 0.3) is 0 Å². The fraction of sp³-hybridized carbons (Fsp3) is 0.464. The van der Waals surface area contributed by atoms with Gasteiger partial charge in [-0.05, 0) is 54.8 Å². The molecule has 0 aromatic heterocycles. The molecule has 34 heavy (non-hydrogen) atoms. The highest BCUT2D eigenvalue weighted by molar-refractivity contribution is 5.48. The van der Waals surface area contributed by atoms with Gasteiger partial charge in [0.05, 0.1) is 46.5 Å². The summed E-state index contributed by atoms with van der Waals surface area (Å²) in [6.07, 6.45) is 1.32. The molecule has 0 amide bonds. The number of hydrogen-bond acceptors (Lipinski definition) is 6. The number of nitrogens with zero attached hydrogens (tertiary/aromatic N) is 2. The van der Waals surface area contributed by atoms with Crippen molar-refractivity contribution in [2.24, 2.45) is 5.92 Å². The summed E-state index contributed by atoms with van der Waals surface area (Å²) in [6.45, 7) is 5.58. The Morgan fingerprint density at radius 3 is 2.00 bits per heavy atom. The molecule has 2 aromatic rings. The first-order valence-corrected chi connectivity index (χ1v) is 11.3. The van der Waals surface area contributed by atoms with Crippen molar-refractivity contribution in [2.75, 3.05) is 48.6 Å². The van der Waals surface area contributed by atoms with Gasteiger partial charge < -0.3 is 18.9 Å². The van der Waals surface area contributed by atoms with E-state index in [1.54, 1.807) is 28.4 Å². The minimum Gasteiger partial charge on any atom is -0.493 e. The van der Waals surface area contributed by atoms with Crippen LogP contribution < -0.4 is 18.9 Å². The second-order valence-corrected chi connectivity index (χ2v) is 8.52. The summed E-state index contributed by atoms with van der Waals surface area (Å²) in [5.74, 6) is 9.31. The first kappa shape index (κ1) is 26.9. The smallest absolute Gasteiger partial charge is 0.161 e. The average Bonchev–Trinajstić information content (AvgIpc) is 2.86. The van der Waals surface area contributed by atoms with E-state index in [0.717, 1.165) is 30.0 Å². The van der Waals surface area contributed by atoms with E-state index in [2.05, 4.69) is 36.7 Å². The fourth-order valence-electron chi connectivity index (χ4n) is 3.81. The van der Waals surface area contributed by atoms with Crippen molar-refractivity contribution in [3.05, 3.63) is 47.5 Å². The SMILES string of the molecule is COc1ccc(CCN(C)CC#CCC(C#N)(c2ccc(OC)c(OC)c2)C(C)C)cc1OC. The van der Waals surface area contributed by atoms with E-state index in [-0.39, 0.29) is 5.92 Å². The molecule has 2 rings (SSSR count). The second-order valence-electron chi connectivity index (χ2n) is 8.52. The van der Waals surface area contributed by atoms with E-state index in [9.17, 15) is 5.26 Å². The topological polar surface area (TPSA) is 64.0 Å². The molecule has 1 atom stereocenters. The van der Waals surface area contributed by atoms with Gasteiger partial charge in [-0.1, -0.05) is 37.8 Å². The van der Waals surface area contributed by atoms with Crippen molar-refractivity contribution in [2.45, 2.75) is 32.1 Å². The van der Waals surface area contributed by atoms with Crippen LogP contribution in [0, 0.1) is 29.1 Å². The zero-order valence-electron chi connectivity index (χ0n) is 21.4. The Hall–Kier alpha value is -3.35. The van der Waals surface area contributed by atoms with Gasteiger partial charge in [-0.15, -0.1) is 0 Å².